The van der Waals surface area contributed by atoms with E-state index in [0.29, 0.717) is 64.7 Å². The van der Waals surface area contributed by atoms with Crippen LogP contribution in [0.4, 0.5) is 0 Å². The minimum Gasteiger partial charge on any atom is -0.353 e. The van der Waals surface area contributed by atoms with Gasteiger partial charge in [-0.3, -0.25) is 19.2 Å². The third kappa shape index (κ3) is 5.62. The van der Waals surface area contributed by atoms with Gasteiger partial charge in [-0.25, -0.2) is 0 Å². The molecule has 2 aliphatic heterocycles. The van der Waals surface area contributed by atoms with E-state index in [1.54, 1.807) is 9.80 Å². The molecule has 0 radical (unpaired) electrons. The predicted molar refractivity (Wildman–Crippen MR) is 122 cm³/mol. The van der Waals surface area contributed by atoms with Crippen LogP contribution in [-0.2, 0) is 19.2 Å². The summed E-state index contributed by atoms with van der Waals surface area (Å²) in [7, 11) is 0. The van der Waals surface area contributed by atoms with Crippen molar-refractivity contribution in [2.45, 2.75) is 90.1 Å². The van der Waals surface area contributed by atoms with E-state index >= 15 is 0 Å². The fraction of sp³-hybridized carbons (Fsp3) is 0.833. The van der Waals surface area contributed by atoms with Gasteiger partial charge in [-0.15, -0.1) is 0 Å². The summed E-state index contributed by atoms with van der Waals surface area (Å²) in [5.41, 5.74) is 0. The quantitative estimate of drug-likeness (QED) is 0.592. The highest BCUT2D eigenvalue weighted by atomic mass is 16.2. The molecule has 2 heterocycles. The van der Waals surface area contributed by atoms with Crippen LogP contribution >= 0.6 is 0 Å². The maximum atomic E-state index is 13.3. The fourth-order valence-corrected chi connectivity index (χ4v) is 5.38. The summed E-state index contributed by atoms with van der Waals surface area (Å²) < 4.78 is 0. The van der Waals surface area contributed by atoms with E-state index < -0.39 is 0 Å². The van der Waals surface area contributed by atoms with Crippen molar-refractivity contribution in [3.8, 4) is 0 Å². The molecule has 4 amide bonds. The van der Waals surface area contributed by atoms with Gasteiger partial charge < -0.3 is 20.4 Å². The Morgan fingerprint density at radius 3 is 1.47 bits per heavy atom. The van der Waals surface area contributed by atoms with E-state index in [2.05, 4.69) is 24.5 Å². The number of unbranched alkanes of at least 4 members (excludes halogenated alkanes) is 2. The van der Waals surface area contributed by atoms with E-state index in [1.165, 1.54) is 0 Å². The number of amides is 4. The summed E-state index contributed by atoms with van der Waals surface area (Å²) in [6.45, 7) is 6.34. The lowest BCUT2D eigenvalue weighted by Gasteiger charge is -2.40. The number of hydrogen-bond acceptors (Lipinski definition) is 4. The smallest absolute Gasteiger partial charge is 0.242 e. The largest absolute Gasteiger partial charge is 0.353 e. The van der Waals surface area contributed by atoms with Gasteiger partial charge in [0.15, 0.2) is 0 Å². The molecule has 8 nitrogen and oxygen atoms in total. The Morgan fingerprint density at radius 1 is 0.750 bits per heavy atom. The molecule has 3 fully saturated rings. The predicted octanol–water partition coefficient (Wildman–Crippen LogP) is 1.83. The molecule has 2 unspecified atom stereocenters. The maximum Gasteiger partial charge on any atom is 0.242 e. The highest BCUT2D eigenvalue weighted by Gasteiger charge is 2.40. The average molecular weight is 449 g/mol. The van der Waals surface area contributed by atoms with Crippen molar-refractivity contribution >= 4 is 23.6 Å². The monoisotopic (exact) mass is 448 g/mol. The van der Waals surface area contributed by atoms with Crippen LogP contribution in [0.3, 0.4) is 0 Å². The molecule has 180 valence electrons. The van der Waals surface area contributed by atoms with Gasteiger partial charge in [0.25, 0.3) is 0 Å². The minimum atomic E-state index is -0.359. The molecule has 0 spiro atoms. The van der Waals surface area contributed by atoms with Gasteiger partial charge in [-0.2, -0.15) is 0 Å². The molecule has 1 aliphatic carbocycles. The molecule has 0 aromatic carbocycles. The van der Waals surface area contributed by atoms with Gasteiger partial charge in [0.05, 0.1) is 0 Å². The summed E-state index contributed by atoms with van der Waals surface area (Å²) in [5.74, 6) is -0.161. The Labute approximate surface area is 191 Å². The second-order valence-electron chi connectivity index (χ2n) is 9.51. The fourth-order valence-electron chi connectivity index (χ4n) is 5.38. The number of nitrogens with zero attached hydrogens (tertiary/aromatic N) is 2. The summed E-state index contributed by atoms with van der Waals surface area (Å²) in [6.07, 6.45) is 7.94. The third-order valence-corrected chi connectivity index (χ3v) is 7.32. The normalized spacial score (nSPS) is 28.8. The molecule has 3 aliphatic rings. The molecular weight excluding hydrogens is 408 g/mol. The molecule has 1 saturated carbocycles. The van der Waals surface area contributed by atoms with Crippen LogP contribution in [0.1, 0.15) is 78.1 Å². The Kier molecular flexibility index (Phi) is 8.93. The minimum absolute atomic E-state index is 0.0385. The molecule has 8 heteroatoms. The van der Waals surface area contributed by atoms with Gasteiger partial charge in [0, 0.05) is 38.0 Å². The molecule has 2 saturated heterocycles. The first-order chi connectivity index (χ1) is 15.5. The third-order valence-electron chi connectivity index (χ3n) is 7.32. The molecule has 0 aromatic heterocycles. The van der Waals surface area contributed by atoms with Crippen molar-refractivity contribution < 1.29 is 19.2 Å². The summed E-state index contributed by atoms with van der Waals surface area (Å²) >= 11 is 0. The van der Waals surface area contributed by atoms with Crippen molar-refractivity contribution in [2.24, 2.45) is 11.8 Å². The van der Waals surface area contributed by atoms with Crippen molar-refractivity contribution in [3.63, 3.8) is 0 Å². The maximum absolute atomic E-state index is 13.3. The molecule has 2 N–H and O–H groups in total. The highest BCUT2D eigenvalue weighted by molar-refractivity contribution is 5.91. The van der Waals surface area contributed by atoms with Gasteiger partial charge >= 0.3 is 0 Å². The van der Waals surface area contributed by atoms with Crippen molar-refractivity contribution in [2.75, 3.05) is 26.2 Å². The highest BCUT2D eigenvalue weighted by Crippen LogP contribution is 2.33. The van der Waals surface area contributed by atoms with Crippen molar-refractivity contribution in [1.29, 1.82) is 0 Å². The number of carbonyl (C=O) groups is 4. The first-order valence-corrected chi connectivity index (χ1v) is 12.6. The zero-order valence-corrected chi connectivity index (χ0v) is 19.7. The molecule has 2 atom stereocenters. The van der Waals surface area contributed by atoms with Crippen molar-refractivity contribution in [1.82, 2.24) is 20.4 Å². The number of piperazine rings is 2. The lowest BCUT2D eigenvalue weighted by atomic mass is 9.80. The zero-order valence-electron chi connectivity index (χ0n) is 19.7. The van der Waals surface area contributed by atoms with Gasteiger partial charge in [-0.05, 0) is 38.5 Å². The van der Waals surface area contributed by atoms with E-state index in [9.17, 15) is 19.2 Å². The van der Waals surface area contributed by atoms with Crippen LogP contribution in [0.2, 0.25) is 0 Å². The molecule has 3 rings (SSSR count). The Bertz CT molecular complexity index is 631. The van der Waals surface area contributed by atoms with Crippen LogP contribution in [-0.4, -0.2) is 71.7 Å². The molecule has 0 aromatic rings. The topological polar surface area (TPSA) is 98.8 Å². The lowest BCUT2D eigenvalue weighted by Crippen LogP contribution is -2.59. The standard InChI is InChI=1S/C24H40N4O4/c1-3-5-7-19-21(29)25-13-15-27(19)23(31)17-9-11-18(12-10-17)24(32)28-16-14-26-22(30)20(28)8-6-4-2/h17-20H,3-16H2,1-2H3,(H,25,29)(H,26,30). The first kappa shape index (κ1) is 24.5. The van der Waals surface area contributed by atoms with Crippen LogP contribution < -0.4 is 10.6 Å². The van der Waals surface area contributed by atoms with E-state index in [-0.39, 0.29) is 47.5 Å². The summed E-state index contributed by atoms with van der Waals surface area (Å²) in [5, 5.41) is 5.79. The molecule has 32 heavy (non-hydrogen) atoms. The van der Waals surface area contributed by atoms with Crippen LogP contribution in [0.5, 0.6) is 0 Å². The molecular formula is C24H40N4O4. The Hall–Kier alpha value is -2.12. The van der Waals surface area contributed by atoms with Crippen LogP contribution in [0, 0.1) is 11.8 Å². The second kappa shape index (κ2) is 11.7. The Balaban J connectivity index is 1.57. The van der Waals surface area contributed by atoms with Gasteiger partial charge in [-0.1, -0.05) is 39.5 Å². The van der Waals surface area contributed by atoms with Gasteiger partial charge in [0.2, 0.25) is 23.6 Å². The lowest BCUT2D eigenvalue weighted by molar-refractivity contribution is -0.150. The van der Waals surface area contributed by atoms with Crippen LogP contribution in [0.25, 0.3) is 0 Å². The SMILES string of the molecule is CCCCC1C(=O)NCCN1C(=O)C1CCC(C(=O)N2CCNC(=O)C2CCCC)CC1. The van der Waals surface area contributed by atoms with Crippen LogP contribution in [0.15, 0.2) is 0 Å². The number of hydrogen-bond donors (Lipinski definition) is 2. The average Bonchev–Trinajstić information content (AvgIpc) is 2.81. The number of nitrogens with one attached hydrogen (secondary N) is 2. The van der Waals surface area contributed by atoms with E-state index in [1.807, 2.05) is 0 Å². The van der Waals surface area contributed by atoms with E-state index in [0.717, 1.165) is 25.7 Å². The number of carbonyl (C=O) groups excluding carboxylic acids is 4. The Morgan fingerprint density at radius 2 is 1.12 bits per heavy atom. The zero-order chi connectivity index (χ0) is 23.1. The summed E-state index contributed by atoms with van der Waals surface area (Å²) in [6, 6.07) is -0.719. The summed E-state index contributed by atoms with van der Waals surface area (Å²) in [4.78, 5) is 54.8. The van der Waals surface area contributed by atoms with Gasteiger partial charge in [0.1, 0.15) is 12.1 Å². The second-order valence-corrected chi connectivity index (χ2v) is 9.51. The van der Waals surface area contributed by atoms with E-state index in [4.69, 9.17) is 0 Å². The van der Waals surface area contributed by atoms with Crippen molar-refractivity contribution in [3.05, 3.63) is 0 Å². The first-order valence-electron chi connectivity index (χ1n) is 12.6. The molecule has 0 bridgehead atoms. The number of rotatable bonds is 8.